The fourth-order valence-electron chi connectivity index (χ4n) is 1.36. The van der Waals surface area contributed by atoms with E-state index in [1.807, 2.05) is 19.3 Å². The molecule has 0 fully saturated rings. The lowest BCUT2D eigenvalue weighted by Gasteiger charge is -2.04. The van der Waals surface area contributed by atoms with Crippen molar-refractivity contribution in [1.29, 1.82) is 0 Å². The molecule has 2 heterocycles. The zero-order valence-electron chi connectivity index (χ0n) is 9.11. The highest BCUT2D eigenvalue weighted by molar-refractivity contribution is 6.29. The van der Waals surface area contributed by atoms with Gasteiger partial charge in [-0.2, -0.15) is 5.10 Å². The molecule has 0 radical (unpaired) electrons. The molecule has 0 unspecified atom stereocenters. The van der Waals surface area contributed by atoms with Crippen LogP contribution in [0.4, 0.5) is 5.82 Å². The van der Waals surface area contributed by atoms with Gasteiger partial charge >= 0.3 is 0 Å². The van der Waals surface area contributed by atoms with Gasteiger partial charge in [0.15, 0.2) is 0 Å². The molecule has 1 N–H and O–H groups in total. The highest BCUT2D eigenvalue weighted by Gasteiger charge is 2.01. The van der Waals surface area contributed by atoms with Crippen LogP contribution >= 0.6 is 11.6 Å². The smallest absolute Gasteiger partial charge is 0.134 e. The third-order valence-electron chi connectivity index (χ3n) is 2.03. The molecule has 16 heavy (non-hydrogen) atoms. The summed E-state index contributed by atoms with van der Waals surface area (Å²) >= 11 is 5.83. The Balaban J connectivity index is 2.04. The highest BCUT2D eigenvalue weighted by Crippen LogP contribution is 2.11. The molecule has 0 bridgehead atoms. The fourth-order valence-corrected chi connectivity index (χ4v) is 1.59. The largest absolute Gasteiger partial charge is 0.364 e. The van der Waals surface area contributed by atoms with Crippen LogP contribution in [-0.2, 0) is 13.6 Å². The maximum atomic E-state index is 5.83. The molecule has 2 aromatic heterocycles. The monoisotopic (exact) mass is 237 g/mol. The van der Waals surface area contributed by atoms with E-state index in [0.717, 1.165) is 5.69 Å². The SMILES string of the molecule is Cc1nc(Cl)cc(NCc2ccn(C)n2)n1. The lowest BCUT2D eigenvalue weighted by atomic mass is 10.4. The normalized spacial score (nSPS) is 10.4. The van der Waals surface area contributed by atoms with E-state index in [1.165, 1.54) is 0 Å². The Labute approximate surface area is 98.5 Å². The van der Waals surface area contributed by atoms with Gasteiger partial charge in [-0.15, -0.1) is 0 Å². The van der Waals surface area contributed by atoms with E-state index >= 15 is 0 Å². The van der Waals surface area contributed by atoms with Crippen molar-refractivity contribution >= 4 is 17.4 Å². The second-order valence-corrected chi connectivity index (χ2v) is 3.84. The summed E-state index contributed by atoms with van der Waals surface area (Å²) in [5, 5.41) is 7.83. The molecule has 0 spiro atoms. The van der Waals surface area contributed by atoms with Gasteiger partial charge in [0.1, 0.15) is 16.8 Å². The molecule has 0 atom stereocenters. The van der Waals surface area contributed by atoms with Crippen LogP contribution in [0, 0.1) is 6.92 Å². The van der Waals surface area contributed by atoms with Gasteiger partial charge in [-0.3, -0.25) is 4.68 Å². The second-order valence-electron chi connectivity index (χ2n) is 3.46. The van der Waals surface area contributed by atoms with Crippen LogP contribution in [0.5, 0.6) is 0 Å². The summed E-state index contributed by atoms with van der Waals surface area (Å²) < 4.78 is 1.76. The van der Waals surface area contributed by atoms with E-state index in [0.29, 0.717) is 23.3 Å². The van der Waals surface area contributed by atoms with Gasteiger partial charge in [0.2, 0.25) is 0 Å². The first kappa shape index (κ1) is 10.9. The first-order valence-corrected chi connectivity index (χ1v) is 5.25. The van der Waals surface area contributed by atoms with Gasteiger partial charge in [0.25, 0.3) is 0 Å². The predicted octanol–water partition coefficient (Wildman–Crippen LogP) is 1.78. The molecule has 0 amide bonds. The number of hydrogen-bond donors (Lipinski definition) is 1. The van der Waals surface area contributed by atoms with Gasteiger partial charge < -0.3 is 5.32 Å². The van der Waals surface area contributed by atoms with Crippen molar-refractivity contribution in [1.82, 2.24) is 19.7 Å². The fraction of sp³-hybridized carbons (Fsp3) is 0.300. The first-order chi connectivity index (χ1) is 7.63. The molecule has 0 aliphatic heterocycles. The Morgan fingerprint density at radius 3 is 2.88 bits per heavy atom. The van der Waals surface area contributed by atoms with Crippen molar-refractivity contribution in [3.8, 4) is 0 Å². The summed E-state index contributed by atoms with van der Waals surface area (Å²) in [5.41, 5.74) is 0.954. The van der Waals surface area contributed by atoms with Crippen molar-refractivity contribution in [2.75, 3.05) is 5.32 Å². The van der Waals surface area contributed by atoms with E-state index in [1.54, 1.807) is 17.7 Å². The molecule has 0 aliphatic carbocycles. The van der Waals surface area contributed by atoms with Crippen LogP contribution < -0.4 is 5.32 Å². The maximum Gasteiger partial charge on any atom is 0.134 e. The molecule has 5 nitrogen and oxygen atoms in total. The minimum Gasteiger partial charge on any atom is -0.364 e. The Hall–Kier alpha value is -1.62. The van der Waals surface area contributed by atoms with Crippen molar-refractivity contribution in [3.63, 3.8) is 0 Å². The average molecular weight is 238 g/mol. The summed E-state index contributed by atoms with van der Waals surface area (Å²) in [6, 6.07) is 3.64. The zero-order chi connectivity index (χ0) is 11.5. The topological polar surface area (TPSA) is 55.6 Å². The average Bonchev–Trinajstić information content (AvgIpc) is 2.60. The van der Waals surface area contributed by atoms with Crippen LogP contribution in [0.25, 0.3) is 0 Å². The summed E-state index contributed by atoms with van der Waals surface area (Å²) in [4.78, 5) is 8.20. The number of anilines is 1. The zero-order valence-corrected chi connectivity index (χ0v) is 9.86. The summed E-state index contributed by atoms with van der Waals surface area (Å²) in [6.45, 7) is 2.42. The van der Waals surface area contributed by atoms with Gasteiger partial charge in [-0.25, -0.2) is 9.97 Å². The van der Waals surface area contributed by atoms with Crippen molar-refractivity contribution in [3.05, 3.63) is 35.0 Å². The molecule has 0 aliphatic rings. The predicted molar refractivity (Wildman–Crippen MR) is 62.3 cm³/mol. The summed E-state index contributed by atoms with van der Waals surface area (Å²) in [6.07, 6.45) is 1.90. The molecule has 6 heteroatoms. The highest BCUT2D eigenvalue weighted by atomic mass is 35.5. The van der Waals surface area contributed by atoms with Crippen LogP contribution in [0.1, 0.15) is 11.5 Å². The van der Waals surface area contributed by atoms with Gasteiger partial charge in [-0.1, -0.05) is 11.6 Å². The van der Waals surface area contributed by atoms with Crippen molar-refractivity contribution in [2.24, 2.45) is 7.05 Å². The number of aromatic nitrogens is 4. The van der Waals surface area contributed by atoms with E-state index < -0.39 is 0 Å². The second kappa shape index (κ2) is 4.49. The number of nitrogens with one attached hydrogen (secondary N) is 1. The minimum absolute atomic E-state index is 0.441. The first-order valence-electron chi connectivity index (χ1n) is 4.87. The van der Waals surface area contributed by atoms with Gasteiger partial charge in [0.05, 0.1) is 12.2 Å². The van der Waals surface area contributed by atoms with Crippen molar-refractivity contribution in [2.45, 2.75) is 13.5 Å². The third-order valence-corrected chi connectivity index (χ3v) is 2.22. The number of hydrogen-bond acceptors (Lipinski definition) is 4. The molecule has 2 rings (SSSR count). The summed E-state index contributed by atoms with van der Waals surface area (Å²) in [7, 11) is 1.88. The standard InChI is InChI=1S/C10H12ClN5/c1-7-13-9(11)5-10(14-7)12-6-8-3-4-16(2)15-8/h3-5H,6H2,1-2H3,(H,12,13,14). The number of rotatable bonds is 3. The lowest BCUT2D eigenvalue weighted by Crippen LogP contribution is -2.04. The van der Waals surface area contributed by atoms with E-state index in [-0.39, 0.29) is 0 Å². The van der Waals surface area contributed by atoms with Gasteiger partial charge in [-0.05, 0) is 13.0 Å². The summed E-state index contributed by atoms with van der Waals surface area (Å²) in [5.74, 6) is 1.36. The quantitative estimate of drug-likeness (QED) is 0.827. The number of nitrogens with zero attached hydrogens (tertiary/aromatic N) is 4. The molecule has 0 aromatic carbocycles. The Morgan fingerprint density at radius 2 is 2.25 bits per heavy atom. The molecule has 0 saturated heterocycles. The molecular formula is C10H12ClN5. The van der Waals surface area contributed by atoms with Gasteiger partial charge in [0, 0.05) is 19.3 Å². The van der Waals surface area contributed by atoms with Crippen molar-refractivity contribution < 1.29 is 0 Å². The Morgan fingerprint density at radius 1 is 1.44 bits per heavy atom. The van der Waals surface area contributed by atoms with Crippen LogP contribution in [0.15, 0.2) is 18.3 Å². The van der Waals surface area contributed by atoms with E-state index in [2.05, 4.69) is 20.4 Å². The van der Waals surface area contributed by atoms with Crippen LogP contribution in [0.2, 0.25) is 5.15 Å². The molecular weight excluding hydrogens is 226 g/mol. The van der Waals surface area contributed by atoms with E-state index in [4.69, 9.17) is 11.6 Å². The molecule has 0 saturated carbocycles. The molecule has 84 valence electrons. The Kier molecular flexibility index (Phi) is 3.05. The number of aryl methyl sites for hydroxylation is 2. The number of halogens is 1. The maximum absolute atomic E-state index is 5.83. The minimum atomic E-state index is 0.441. The van der Waals surface area contributed by atoms with Crippen LogP contribution in [-0.4, -0.2) is 19.7 Å². The van der Waals surface area contributed by atoms with E-state index in [9.17, 15) is 0 Å². The lowest BCUT2D eigenvalue weighted by molar-refractivity contribution is 0.746. The third kappa shape index (κ3) is 2.70. The van der Waals surface area contributed by atoms with Crippen LogP contribution in [0.3, 0.4) is 0 Å². The molecule has 2 aromatic rings. The Bertz CT molecular complexity index is 473.